The molecule has 0 radical (unpaired) electrons. The van der Waals surface area contributed by atoms with E-state index in [1.54, 1.807) is 0 Å². The maximum atomic E-state index is 6.23. The average molecular weight is 241 g/mol. The molecule has 0 amide bonds. The van der Waals surface area contributed by atoms with E-state index < -0.39 is 17.3 Å². The Morgan fingerprint density at radius 1 is 1.38 bits per heavy atom. The van der Waals surface area contributed by atoms with Gasteiger partial charge in [-0.25, -0.2) is 0 Å². The molecule has 50 valence electrons. The Labute approximate surface area is 60.2 Å². The molecule has 1 unspecified atom stereocenters. The van der Waals surface area contributed by atoms with Crippen molar-refractivity contribution in [2.75, 3.05) is 0 Å². The van der Waals surface area contributed by atoms with Crippen LogP contribution in [0.1, 0.15) is 20.3 Å². The SMILES string of the molecule is CC[CH2][Sn]([CH3])([Cl])[CH2]C. The van der Waals surface area contributed by atoms with E-state index in [0.717, 1.165) is 0 Å². The van der Waals surface area contributed by atoms with Crippen molar-refractivity contribution >= 4 is 26.2 Å². The molecule has 0 rings (SSSR count). The van der Waals surface area contributed by atoms with Crippen molar-refractivity contribution in [1.82, 2.24) is 0 Å². The summed E-state index contributed by atoms with van der Waals surface area (Å²) in [4.78, 5) is 2.31. The summed E-state index contributed by atoms with van der Waals surface area (Å²) in [5, 5.41) is 0. The van der Waals surface area contributed by atoms with Crippen LogP contribution in [0.5, 0.6) is 0 Å². The average Bonchev–Trinajstić information content (AvgIpc) is 1.67. The molecule has 0 spiro atoms. The van der Waals surface area contributed by atoms with Crippen LogP contribution in [0.4, 0.5) is 0 Å². The number of hydrogen-bond acceptors (Lipinski definition) is 0. The molecule has 0 aromatic rings. The fraction of sp³-hybridized carbons (Fsp3) is 1.00. The summed E-state index contributed by atoms with van der Waals surface area (Å²) < 4.78 is 2.62. The zero-order valence-corrected chi connectivity index (χ0v) is 9.61. The molecule has 0 aromatic heterocycles. The predicted octanol–water partition coefficient (Wildman–Crippen LogP) is 3.23. The van der Waals surface area contributed by atoms with Crippen molar-refractivity contribution in [3.8, 4) is 0 Å². The zero-order valence-electron chi connectivity index (χ0n) is 6.00. The third kappa shape index (κ3) is 4.02. The molecule has 1 atom stereocenters. The molecular weight excluding hydrogens is 226 g/mol. The molecule has 8 heavy (non-hydrogen) atoms. The second-order valence-electron chi connectivity index (χ2n) is 2.52. The molecule has 2 heteroatoms. The second kappa shape index (κ2) is 3.99. The first-order chi connectivity index (χ1) is 3.62. The number of halogens is 1. The fourth-order valence-corrected chi connectivity index (χ4v) is 5.95. The van der Waals surface area contributed by atoms with Crippen molar-refractivity contribution in [3.63, 3.8) is 0 Å². The van der Waals surface area contributed by atoms with E-state index in [9.17, 15) is 0 Å². The van der Waals surface area contributed by atoms with Crippen molar-refractivity contribution < 1.29 is 0 Å². The van der Waals surface area contributed by atoms with E-state index in [1.807, 2.05) is 0 Å². The normalized spacial score (nSPS) is 18.0. The van der Waals surface area contributed by atoms with E-state index in [1.165, 1.54) is 15.3 Å². The third-order valence-electron chi connectivity index (χ3n) is 1.51. The van der Waals surface area contributed by atoms with Crippen LogP contribution in [0.15, 0.2) is 0 Å². The molecule has 0 aliphatic carbocycles. The second-order valence-corrected chi connectivity index (χ2v) is 20.2. The van der Waals surface area contributed by atoms with Gasteiger partial charge in [0.05, 0.1) is 0 Å². The summed E-state index contributed by atoms with van der Waals surface area (Å²) in [5.41, 5.74) is 0. The van der Waals surface area contributed by atoms with Crippen LogP contribution in [-0.4, -0.2) is 17.3 Å². The van der Waals surface area contributed by atoms with Gasteiger partial charge in [0.25, 0.3) is 0 Å². The molecule has 0 saturated heterocycles. The summed E-state index contributed by atoms with van der Waals surface area (Å²) in [6, 6.07) is 0. The quantitative estimate of drug-likeness (QED) is 0.665. The van der Waals surface area contributed by atoms with Crippen LogP contribution in [0.2, 0.25) is 13.8 Å². The Morgan fingerprint density at radius 2 is 1.88 bits per heavy atom. The number of hydrogen-bond donors (Lipinski definition) is 0. The van der Waals surface area contributed by atoms with Crippen LogP contribution in [-0.2, 0) is 0 Å². The van der Waals surface area contributed by atoms with Crippen LogP contribution < -0.4 is 0 Å². The van der Waals surface area contributed by atoms with Crippen LogP contribution >= 0.6 is 8.92 Å². The molecule has 0 fully saturated rings. The van der Waals surface area contributed by atoms with Gasteiger partial charge in [0, 0.05) is 0 Å². The molecule has 0 N–H and O–H groups in total. The minimum atomic E-state index is -1.85. The van der Waals surface area contributed by atoms with Gasteiger partial charge in [0.2, 0.25) is 0 Å². The van der Waals surface area contributed by atoms with Gasteiger partial charge >= 0.3 is 60.3 Å². The summed E-state index contributed by atoms with van der Waals surface area (Å²) >= 11 is -1.85. The maximum absolute atomic E-state index is 6.23. The van der Waals surface area contributed by atoms with E-state index in [0.29, 0.717) is 0 Å². The molecule has 0 aliphatic heterocycles. The van der Waals surface area contributed by atoms with Gasteiger partial charge in [0.15, 0.2) is 0 Å². The molecule has 0 saturated carbocycles. The molecular formula is C6H15ClSn. The zero-order chi connectivity index (χ0) is 6.62. The van der Waals surface area contributed by atoms with E-state index in [-0.39, 0.29) is 0 Å². The van der Waals surface area contributed by atoms with Gasteiger partial charge in [-0.15, -0.1) is 0 Å². The Bertz CT molecular complexity index is 61.5. The van der Waals surface area contributed by atoms with Gasteiger partial charge in [0.1, 0.15) is 0 Å². The Kier molecular flexibility index (Phi) is 4.54. The molecule has 0 heterocycles. The fourth-order valence-electron chi connectivity index (χ4n) is 0.698. The molecule has 0 nitrogen and oxygen atoms in total. The van der Waals surface area contributed by atoms with E-state index in [2.05, 4.69) is 18.8 Å². The molecule has 0 aromatic carbocycles. The van der Waals surface area contributed by atoms with Crippen molar-refractivity contribution in [2.45, 2.75) is 34.1 Å². The van der Waals surface area contributed by atoms with Gasteiger partial charge in [-0.2, -0.15) is 0 Å². The summed E-state index contributed by atoms with van der Waals surface area (Å²) in [6.45, 7) is 4.44. The topological polar surface area (TPSA) is 0 Å². The van der Waals surface area contributed by atoms with Crippen LogP contribution in [0.3, 0.4) is 0 Å². The first-order valence-corrected chi connectivity index (χ1v) is 13.8. The van der Waals surface area contributed by atoms with Crippen molar-refractivity contribution in [2.24, 2.45) is 0 Å². The molecule has 0 bridgehead atoms. The number of rotatable bonds is 3. The van der Waals surface area contributed by atoms with Gasteiger partial charge in [-0.05, 0) is 0 Å². The standard InChI is InChI=1S/C3H7.C2H5.CH3.ClH.Sn/c1-3-2;1-2;;;/h1,3H2,2H3;1H2,2H3;1H3;1H;/q;;;;+1/p-1. The monoisotopic (exact) mass is 242 g/mol. The van der Waals surface area contributed by atoms with E-state index in [4.69, 9.17) is 8.92 Å². The summed E-state index contributed by atoms with van der Waals surface area (Å²) in [7, 11) is 6.23. The first-order valence-electron chi connectivity index (χ1n) is 3.31. The van der Waals surface area contributed by atoms with Gasteiger partial charge < -0.3 is 0 Å². The first kappa shape index (κ1) is 9.09. The third-order valence-corrected chi connectivity index (χ3v) is 13.2. The Morgan fingerprint density at radius 3 is 2.00 bits per heavy atom. The summed E-state index contributed by atoms with van der Waals surface area (Å²) in [5.74, 6) is 0. The minimum absolute atomic E-state index is 1.28. The van der Waals surface area contributed by atoms with Gasteiger partial charge in [-0.3, -0.25) is 0 Å². The Hall–Kier alpha value is 1.09. The Balaban J connectivity index is 3.37. The van der Waals surface area contributed by atoms with Crippen molar-refractivity contribution in [1.29, 1.82) is 0 Å². The van der Waals surface area contributed by atoms with Crippen LogP contribution in [0, 0.1) is 0 Å². The molecule has 0 aliphatic rings. The summed E-state index contributed by atoms with van der Waals surface area (Å²) in [6.07, 6.45) is 1.28. The van der Waals surface area contributed by atoms with Gasteiger partial charge in [-0.1, -0.05) is 0 Å². The predicted molar refractivity (Wildman–Crippen MR) is 43.1 cm³/mol. The van der Waals surface area contributed by atoms with E-state index >= 15 is 0 Å². The van der Waals surface area contributed by atoms with Crippen molar-refractivity contribution in [3.05, 3.63) is 0 Å². The van der Waals surface area contributed by atoms with Crippen LogP contribution in [0.25, 0.3) is 0 Å².